The van der Waals surface area contributed by atoms with E-state index in [0.717, 1.165) is 13.8 Å². The van der Waals surface area contributed by atoms with Crippen LogP contribution in [0.2, 0.25) is 0 Å². The maximum Gasteiger partial charge on any atom is 0.417 e. The molecule has 0 heterocycles. The Morgan fingerprint density at radius 1 is 0.459 bits per heavy atom. The van der Waals surface area contributed by atoms with Gasteiger partial charge in [-0.2, -0.15) is 26.3 Å². The van der Waals surface area contributed by atoms with Gasteiger partial charge in [-0.25, -0.2) is 0 Å². The minimum absolute atomic E-state index is 0.0854. The maximum absolute atomic E-state index is 12.9. The van der Waals surface area contributed by atoms with E-state index >= 15 is 0 Å². The van der Waals surface area contributed by atoms with E-state index in [1.54, 1.807) is 7.11 Å². The molecule has 0 aromatic rings. The van der Waals surface area contributed by atoms with Crippen LogP contribution in [0.5, 0.6) is 0 Å². The Hall–Kier alpha value is -0.700. The summed E-state index contributed by atoms with van der Waals surface area (Å²) in [4.78, 5) is 0. The maximum atomic E-state index is 12.9. The van der Waals surface area contributed by atoms with Crippen LogP contribution < -0.4 is 0 Å². The smallest absolute Gasteiger partial charge is 0.382 e. The number of hydrogen-bond acceptors (Lipinski definition) is 7. The summed E-state index contributed by atoms with van der Waals surface area (Å²) in [6.07, 6.45) is -8.78. The summed E-state index contributed by atoms with van der Waals surface area (Å²) in [5.74, 6) is -1.32. The first kappa shape index (κ1) is 38.4. The molecule has 0 saturated carbocycles. The van der Waals surface area contributed by atoms with Crippen LogP contribution in [0.25, 0.3) is 0 Å². The third-order valence-electron chi connectivity index (χ3n) is 5.82. The highest BCUT2D eigenvalue weighted by molar-refractivity contribution is 4.87. The van der Waals surface area contributed by atoms with Crippen LogP contribution in [-0.4, -0.2) is 104 Å². The van der Waals surface area contributed by atoms with Crippen molar-refractivity contribution in [3.8, 4) is 0 Å². The van der Waals surface area contributed by atoms with Gasteiger partial charge in [-0.15, -0.1) is 0 Å². The van der Waals surface area contributed by atoms with Gasteiger partial charge in [0.05, 0.1) is 66.1 Å². The average Bonchev–Trinajstić information content (AvgIpc) is 2.78. The van der Waals surface area contributed by atoms with E-state index < -0.39 is 35.4 Å². The standard InChI is InChI=1S/C13H25F3O4.C11H21F3O3/c1-11(2)12(3,13(14,15)16)20-10-9-19-8-7-18-6-5-17-4;1-9(2)10(3,11(12,13)14)17-8-7-16-6-5-15-4/h11H,5-10H2,1-4H3;9H,5-8H2,1-4H3. The molecule has 0 saturated heterocycles. The third kappa shape index (κ3) is 15.5. The molecule has 0 aliphatic rings. The highest BCUT2D eigenvalue weighted by Crippen LogP contribution is 2.39. The van der Waals surface area contributed by atoms with Gasteiger partial charge >= 0.3 is 12.4 Å². The van der Waals surface area contributed by atoms with Crippen molar-refractivity contribution in [1.29, 1.82) is 0 Å². The van der Waals surface area contributed by atoms with Crippen molar-refractivity contribution in [3.63, 3.8) is 0 Å². The van der Waals surface area contributed by atoms with E-state index in [1.165, 1.54) is 34.8 Å². The number of alkyl halides is 6. The first-order valence-electron chi connectivity index (χ1n) is 12.1. The number of methoxy groups -OCH3 is 2. The van der Waals surface area contributed by atoms with Crippen LogP contribution in [0, 0.1) is 11.8 Å². The molecule has 2 unspecified atom stereocenters. The van der Waals surface area contributed by atoms with E-state index in [1.807, 2.05) is 0 Å². The summed E-state index contributed by atoms with van der Waals surface area (Å²) in [6.45, 7) is 10.5. The summed E-state index contributed by atoms with van der Waals surface area (Å²) in [5, 5.41) is 0. The van der Waals surface area contributed by atoms with E-state index in [-0.39, 0.29) is 26.4 Å². The monoisotopic (exact) mass is 560 g/mol. The number of halogens is 6. The normalized spacial score (nSPS) is 15.9. The molecule has 0 N–H and O–H groups in total. The van der Waals surface area contributed by atoms with E-state index in [2.05, 4.69) is 0 Å². The molecule has 0 fully saturated rings. The first-order valence-corrected chi connectivity index (χ1v) is 12.1. The highest BCUT2D eigenvalue weighted by atomic mass is 19.4. The lowest BCUT2D eigenvalue weighted by Crippen LogP contribution is -2.49. The van der Waals surface area contributed by atoms with Gasteiger partial charge < -0.3 is 33.2 Å². The van der Waals surface area contributed by atoms with Gasteiger partial charge in [0.15, 0.2) is 11.2 Å². The molecule has 0 aromatic carbocycles. The van der Waals surface area contributed by atoms with Crippen LogP contribution in [0.1, 0.15) is 41.5 Å². The topological polar surface area (TPSA) is 64.6 Å². The zero-order valence-electron chi connectivity index (χ0n) is 23.4. The predicted molar refractivity (Wildman–Crippen MR) is 127 cm³/mol. The van der Waals surface area contributed by atoms with Crippen LogP contribution in [0.3, 0.4) is 0 Å². The van der Waals surface area contributed by atoms with E-state index in [0.29, 0.717) is 39.6 Å². The SMILES string of the molecule is COCCOCCOC(C)(C(C)C)C(F)(F)F.COCCOCCOCCOC(C)(C(C)C)C(F)(F)F. The molecule has 0 bridgehead atoms. The molecule has 0 rings (SSSR count). The fourth-order valence-corrected chi connectivity index (χ4v) is 2.49. The minimum Gasteiger partial charge on any atom is -0.382 e. The lowest BCUT2D eigenvalue weighted by atomic mass is 9.91. The van der Waals surface area contributed by atoms with Gasteiger partial charge in [0.1, 0.15) is 0 Å². The van der Waals surface area contributed by atoms with Crippen LogP contribution in [-0.2, 0) is 33.2 Å². The quantitative estimate of drug-likeness (QED) is 0.157. The molecule has 0 aliphatic heterocycles. The molecular formula is C24H46F6O7. The van der Waals surface area contributed by atoms with Gasteiger partial charge in [0.2, 0.25) is 0 Å². The molecule has 226 valence electrons. The van der Waals surface area contributed by atoms with Gasteiger partial charge in [-0.1, -0.05) is 27.7 Å². The average molecular weight is 561 g/mol. The molecule has 0 aliphatic carbocycles. The Morgan fingerprint density at radius 3 is 0.919 bits per heavy atom. The number of rotatable bonds is 19. The van der Waals surface area contributed by atoms with Gasteiger partial charge in [0.25, 0.3) is 0 Å². The van der Waals surface area contributed by atoms with Crippen molar-refractivity contribution >= 4 is 0 Å². The minimum atomic E-state index is -4.40. The molecule has 7 nitrogen and oxygen atoms in total. The molecule has 13 heteroatoms. The van der Waals surface area contributed by atoms with Crippen molar-refractivity contribution in [1.82, 2.24) is 0 Å². The number of ether oxygens (including phenoxy) is 7. The van der Waals surface area contributed by atoms with Gasteiger partial charge in [-0.3, -0.25) is 0 Å². The second-order valence-electron chi connectivity index (χ2n) is 9.04. The van der Waals surface area contributed by atoms with Crippen LogP contribution in [0.4, 0.5) is 26.3 Å². The summed E-state index contributed by atoms with van der Waals surface area (Å²) in [5.41, 5.74) is -4.27. The van der Waals surface area contributed by atoms with Crippen LogP contribution in [0.15, 0.2) is 0 Å². The van der Waals surface area contributed by atoms with Crippen molar-refractivity contribution < 1.29 is 59.5 Å². The number of hydrogen-bond donors (Lipinski definition) is 0. The molecule has 0 spiro atoms. The lowest BCUT2D eigenvalue weighted by Gasteiger charge is -2.35. The Kier molecular flexibility index (Phi) is 20.1. The predicted octanol–water partition coefficient (Wildman–Crippen LogP) is 5.30. The van der Waals surface area contributed by atoms with Crippen molar-refractivity contribution in [2.24, 2.45) is 11.8 Å². The van der Waals surface area contributed by atoms with E-state index in [9.17, 15) is 26.3 Å². The molecule has 0 radical (unpaired) electrons. The first-order chi connectivity index (χ1) is 17.0. The summed E-state index contributed by atoms with van der Waals surface area (Å²) in [6, 6.07) is 0. The molecule has 2 atom stereocenters. The second kappa shape index (κ2) is 19.4. The molecular weight excluding hydrogens is 514 g/mol. The van der Waals surface area contributed by atoms with Crippen molar-refractivity contribution in [3.05, 3.63) is 0 Å². The lowest BCUT2D eigenvalue weighted by molar-refractivity contribution is -0.288. The summed E-state index contributed by atoms with van der Waals surface area (Å²) >= 11 is 0. The van der Waals surface area contributed by atoms with Crippen molar-refractivity contribution in [2.45, 2.75) is 65.1 Å². The Balaban J connectivity index is 0. The summed E-state index contributed by atoms with van der Waals surface area (Å²) < 4.78 is 112. The van der Waals surface area contributed by atoms with Gasteiger partial charge in [-0.05, 0) is 25.7 Å². The second-order valence-corrected chi connectivity index (χ2v) is 9.04. The zero-order valence-corrected chi connectivity index (χ0v) is 23.4. The Bertz CT molecular complexity index is 547. The molecule has 37 heavy (non-hydrogen) atoms. The zero-order chi connectivity index (χ0) is 29.2. The van der Waals surface area contributed by atoms with Crippen LogP contribution >= 0.6 is 0 Å². The fourth-order valence-electron chi connectivity index (χ4n) is 2.49. The highest BCUT2D eigenvalue weighted by Gasteiger charge is 2.55. The molecule has 0 aromatic heterocycles. The van der Waals surface area contributed by atoms with Crippen molar-refractivity contribution in [2.75, 3.05) is 80.3 Å². The molecule has 0 amide bonds. The fraction of sp³-hybridized carbons (Fsp3) is 1.00. The Morgan fingerprint density at radius 2 is 0.703 bits per heavy atom. The third-order valence-corrected chi connectivity index (χ3v) is 5.82. The summed E-state index contributed by atoms with van der Waals surface area (Å²) in [7, 11) is 3.10. The largest absolute Gasteiger partial charge is 0.417 e. The Labute approximate surface area is 217 Å². The van der Waals surface area contributed by atoms with E-state index in [4.69, 9.17) is 33.2 Å². The van der Waals surface area contributed by atoms with Gasteiger partial charge in [0, 0.05) is 14.2 Å².